The number of rotatable bonds is 5. The normalized spacial score (nSPS) is 13.1. The van der Waals surface area contributed by atoms with Crippen molar-refractivity contribution in [2.24, 2.45) is 0 Å². The van der Waals surface area contributed by atoms with Gasteiger partial charge in [0, 0.05) is 36.6 Å². The molecule has 0 unspecified atom stereocenters. The third-order valence-corrected chi connectivity index (χ3v) is 4.06. The Kier molecular flexibility index (Phi) is 5.59. The van der Waals surface area contributed by atoms with E-state index in [1.165, 1.54) is 0 Å². The summed E-state index contributed by atoms with van der Waals surface area (Å²) in [7, 11) is 0. The molecule has 1 aromatic carbocycles. The summed E-state index contributed by atoms with van der Waals surface area (Å²) in [4.78, 5) is 22.5. The van der Waals surface area contributed by atoms with Crippen LogP contribution < -0.4 is 10.2 Å². The van der Waals surface area contributed by atoms with Gasteiger partial charge >= 0.3 is 0 Å². The van der Waals surface area contributed by atoms with E-state index in [0.29, 0.717) is 12.5 Å². The van der Waals surface area contributed by atoms with Crippen LogP contribution in [0.1, 0.15) is 20.3 Å². The minimum atomic E-state index is 0.0235. The van der Waals surface area contributed by atoms with Crippen molar-refractivity contribution in [2.75, 3.05) is 16.8 Å². The maximum atomic E-state index is 11.8. The second kappa shape index (κ2) is 8.25. The molecular weight excluding hydrogens is 324 g/mol. The first-order chi connectivity index (χ1) is 12.7. The highest BCUT2D eigenvalue weighted by Gasteiger charge is 2.11. The van der Waals surface area contributed by atoms with Gasteiger partial charge in [-0.05, 0) is 37.6 Å². The highest BCUT2D eigenvalue weighted by atomic mass is 16.2. The Hall–Kier alpha value is -3.21. The lowest BCUT2D eigenvalue weighted by Crippen LogP contribution is -2.27. The van der Waals surface area contributed by atoms with Crippen molar-refractivity contribution in [3.05, 3.63) is 72.6 Å². The van der Waals surface area contributed by atoms with Crippen LogP contribution in [0.4, 0.5) is 11.6 Å². The van der Waals surface area contributed by atoms with Crippen LogP contribution in [-0.2, 0) is 4.79 Å². The SMILES string of the molecule is CCN(C(C)=O)c1cccc(-c2ccnc(NC3=CCC=CC=C3)n2)c1. The van der Waals surface area contributed by atoms with Crippen molar-refractivity contribution < 1.29 is 4.79 Å². The number of aromatic nitrogens is 2. The van der Waals surface area contributed by atoms with Crippen molar-refractivity contribution in [1.29, 1.82) is 0 Å². The molecule has 5 nitrogen and oxygen atoms in total. The lowest BCUT2D eigenvalue weighted by atomic mass is 10.1. The number of benzene rings is 1. The third-order valence-electron chi connectivity index (χ3n) is 4.06. The quantitative estimate of drug-likeness (QED) is 0.875. The summed E-state index contributed by atoms with van der Waals surface area (Å²) < 4.78 is 0. The maximum Gasteiger partial charge on any atom is 0.227 e. The van der Waals surface area contributed by atoms with E-state index in [1.54, 1.807) is 18.0 Å². The maximum absolute atomic E-state index is 11.8. The summed E-state index contributed by atoms with van der Waals surface area (Å²) in [6.45, 7) is 4.17. The molecule has 1 aliphatic rings. The third kappa shape index (κ3) is 4.25. The number of anilines is 2. The average molecular weight is 346 g/mol. The van der Waals surface area contributed by atoms with Gasteiger partial charge in [0.2, 0.25) is 11.9 Å². The number of carbonyl (C=O) groups is 1. The Morgan fingerprint density at radius 1 is 1.27 bits per heavy atom. The number of nitrogens with one attached hydrogen (secondary N) is 1. The Morgan fingerprint density at radius 2 is 2.15 bits per heavy atom. The van der Waals surface area contributed by atoms with Gasteiger partial charge in [-0.25, -0.2) is 9.97 Å². The summed E-state index contributed by atoms with van der Waals surface area (Å²) in [6.07, 6.45) is 12.8. The molecule has 132 valence electrons. The number of amides is 1. The minimum Gasteiger partial charge on any atom is -0.324 e. The molecule has 26 heavy (non-hydrogen) atoms. The van der Waals surface area contributed by atoms with Crippen LogP contribution in [0.2, 0.25) is 0 Å². The van der Waals surface area contributed by atoms with Crippen molar-refractivity contribution in [3.8, 4) is 11.3 Å². The van der Waals surface area contributed by atoms with Gasteiger partial charge in [-0.2, -0.15) is 0 Å². The summed E-state index contributed by atoms with van der Waals surface area (Å²) >= 11 is 0. The van der Waals surface area contributed by atoms with Gasteiger partial charge in [-0.15, -0.1) is 0 Å². The summed E-state index contributed by atoms with van der Waals surface area (Å²) in [5, 5.41) is 3.25. The molecule has 0 saturated heterocycles. The molecule has 0 bridgehead atoms. The fraction of sp³-hybridized carbons (Fsp3) is 0.190. The molecule has 2 aromatic rings. The predicted molar refractivity (Wildman–Crippen MR) is 106 cm³/mol. The highest BCUT2D eigenvalue weighted by Crippen LogP contribution is 2.24. The summed E-state index contributed by atoms with van der Waals surface area (Å²) in [5.41, 5.74) is 3.58. The second-order valence-corrected chi connectivity index (χ2v) is 5.89. The lowest BCUT2D eigenvalue weighted by Gasteiger charge is -2.19. The van der Waals surface area contributed by atoms with Crippen LogP contribution in [0, 0.1) is 0 Å². The molecule has 1 amide bonds. The standard InChI is InChI=1S/C21H22N4O/c1-3-25(16(2)26)19-12-8-9-17(15-19)20-13-14-22-21(24-20)23-18-10-6-4-5-7-11-18/h4-6,8-15H,3,7H2,1-2H3,(H,22,23,24). The van der Waals surface area contributed by atoms with Crippen molar-refractivity contribution in [1.82, 2.24) is 9.97 Å². The Balaban J connectivity index is 1.86. The molecule has 1 aromatic heterocycles. The van der Waals surface area contributed by atoms with E-state index in [2.05, 4.69) is 27.4 Å². The molecule has 0 aliphatic heterocycles. The molecule has 0 radical (unpaired) electrons. The Bertz CT molecular complexity index is 883. The lowest BCUT2D eigenvalue weighted by molar-refractivity contribution is -0.116. The fourth-order valence-electron chi connectivity index (χ4n) is 2.80. The van der Waals surface area contributed by atoms with E-state index in [9.17, 15) is 4.79 Å². The number of nitrogens with zero attached hydrogens (tertiary/aromatic N) is 3. The van der Waals surface area contributed by atoms with Crippen LogP contribution in [0.5, 0.6) is 0 Å². The van der Waals surface area contributed by atoms with Crippen molar-refractivity contribution in [2.45, 2.75) is 20.3 Å². The van der Waals surface area contributed by atoms with Gasteiger partial charge in [-0.1, -0.05) is 36.4 Å². The van der Waals surface area contributed by atoms with E-state index >= 15 is 0 Å². The largest absolute Gasteiger partial charge is 0.324 e. The molecule has 1 N–H and O–H groups in total. The van der Waals surface area contributed by atoms with Crippen LogP contribution in [0.15, 0.2) is 72.6 Å². The van der Waals surface area contributed by atoms with Crippen LogP contribution in [-0.4, -0.2) is 22.4 Å². The second-order valence-electron chi connectivity index (χ2n) is 5.89. The molecule has 1 heterocycles. The van der Waals surface area contributed by atoms with Gasteiger partial charge in [0.1, 0.15) is 0 Å². The Labute approximate surface area is 153 Å². The smallest absolute Gasteiger partial charge is 0.227 e. The summed E-state index contributed by atoms with van der Waals surface area (Å²) in [6, 6.07) is 9.70. The van der Waals surface area contributed by atoms with Gasteiger partial charge in [0.05, 0.1) is 5.69 Å². The molecule has 0 fully saturated rings. The minimum absolute atomic E-state index is 0.0235. The zero-order valence-corrected chi connectivity index (χ0v) is 15.0. The highest BCUT2D eigenvalue weighted by molar-refractivity contribution is 5.92. The number of allylic oxidation sites excluding steroid dienone is 5. The molecule has 3 rings (SSSR count). The van der Waals surface area contributed by atoms with Crippen LogP contribution in [0.3, 0.4) is 0 Å². The van der Waals surface area contributed by atoms with Gasteiger partial charge in [0.15, 0.2) is 0 Å². The van der Waals surface area contributed by atoms with E-state index < -0.39 is 0 Å². The zero-order valence-electron chi connectivity index (χ0n) is 15.0. The number of hydrogen-bond acceptors (Lipinski definition) is 4. The van der Waals surface area contributed by atoms with E-state index in [0.717, 1.165) is 29.1 Å². The van der Waals surface area contributed by atoms with Gasteiger partial charge < -0.3 is 10.2 Å². The van der Waals surface area contributed by atoms with Gasteiger partial charge in [-0.3, -0.25) is 4.79 Å². The summed E-state index contributed by atoms with van der Waals surface area (Å²) in [5.74, 6) is 0.569. The van der Waals surface area contributed by atoms with Crippen molar-refractivity contribution >= 4 is 17.5 Å². The first-order valence-electron chi connectivity index (χ1n) is 8.69. The van der Waals surface area contributed by atoms with E-state index in [1.807, 2.05) is 55.5 Å². The molecule has 1 aliphatic carbocycles. The van der Waals surface area contributed by atoms with Crippen LogP contribution >= 0.6 is 0 Å². The zero-order chi connectivity index (χ0) is 18.4. The molecular formula is C21H22N4O. The molecule has 5 heteroatoms. The van der Waals surface area contributed by atoms with Gasteiger partial charge in [0.25, 0.3) is 0 Å². The van der Waals surface area contributed by atoms with E-state index in [4.69, 9.17) is 0 Å². The monoisotopic (exact) mass is 346 g/mol. The first kappa shape index (κ1) is 17.6. The number of hydrogen-bond donors (Lipinski definition) is 1. The predicted octanol–water partition coefficient (Wildman–Crippen LogP) is 4.33. The van der Waals surface area contributed by atoms with E-state index in [-0.39, 0.29) is 5.91 Å². The topological polar surface area (TPSA) is 58.1 Å². The van der Waals surface area contributed by atoms with Crippen molar-refractivity contribution in [3.63, 3.8) is 0 Å². The molecule has 0 atom stereocenters. The molecule has 0 saturated carbocycles. The number of carbonyl (C=O) groups excluding carboxylic acids is 1. The van der Waals surface area contributed by atoms with Crippen LogP contribution in [0.25, 0.3) is 11.3 Å². The fourth-order valence-corrected chi connectivity index (χ4v) is 2.80. The Morgan fingerprint density at radius 3 is 2.96 bits per heavy atom. The molecule has 0 spiro atoms. The first-order valence-corrected chi connectivity index (χ1v) is 8.69. The average Bonchev–Trinajstić information content (AvgIpc) is 2.91.